The highest BCUT2D eigenvalue weighted by molar-refractivity contribution is 6.24. The van der Waals surface area contributed by atoms with Crippen LogP contribution in [0.4, 0.5) is 4.39 Å². The number of amides is 1. The van der Waals surface area contributed by atoms with Gasteiger partial charge in [0, 0.05) is 35.7 Å². The number of hydrogen-bond donors (Lipinski definition) is 5. The van der Waals surface area contributed by atoms with Crippen molar-refractivity contribution in [2.75, 3.05) is 27.2 Å². The normalized spacial score (nSPS) is 26.9. The van der Waals surface area contributed by atoms with Crippen molar-refractivity contribution in [3.8, 4) is 5.75 Å². The monoisotopic (exact) mass is 545 g/mol. The van der Waals surface area contributed by atoms with Gasteiger partial charge in [-0.25, -0.2) is 4.39 Å². The van der Waals surface area contributed by atoms with Crippen molar-refractivity contribution in [3.05, 3.63) is 51.2 Å². The van der Waals surface area contributed by atoms with Crippen LogP contribution in [-0.4, -0.2) is 86.5 Å². The molecule has 3 aliphatic rings. The lowest BCUT2D eigenvalue weighted by Gasteiger charge is -2.50. The van der Waals surface area contributed by atoms with E-state index in [2.05, 4.69) is 0 Å². The lowest BCUT2D eigenvalue weighted by molar-refractivity contribution is -0.148. The maximum Gasteiger partial charge on any atom is 0.255 e. The summed E-state index contributed by atoms with van der Waals surface area (Å²) in [6.45, 7) is 7.63. The quantitative estimate of drug-likeness (QED) is 0.321. The lowest BCUT2D eigenvalue weighted by atomic mass is 9.58. The Labute approximate surface area is 226 Å². The molecule has 0 saturated carbocycles. The number of primary amides is 1. The summed E-state index contributed by atoms with van der Waals surface area (Å²) in [7, 11) is 3.10. The molecule has 11 heteroatoms. The van der Waals surface area contributed by atoms with Crippen LogP contribution < -0.4 is 5.73 Å². The summed E-state index contributed by atoms with van der Waals surface area (Å²) in [6.07, 6.45) is -0.178. The summed E-state index contributed by atoms with van der Waals surface area (Å²) < 4.78 is 15.9. The second-order valence-electron chi connectivity index (χ2n) is 11.4. The molecular weight excluding hydrogens is 509 g/mol. The van der Waals surface area contributed by atoms with Gasteiger partial charge in [0.05, 0.1) is 11.6 Å². The average molecular weight is 546 g/mol. The third-order valence-corrected chi connectivity index (χ3v) is 8.20. The summed E-state index contributed by atoms with van der Waals surface area (Å²) in [5, 5.41) is 44.6. The number of carbonyl (C=O) groups excluding carboxylic acids is 3. The lowest BCUT2D eigenvalue weighted by Crippen LogP contribution is -2.63. The molecule has 0 spiro atoms. The number of nitrogens with zero attached hydrogens (tertiary/aromatic N) is 2. The van der Waals surface area contributed by atoms with Gasteiger partial charge in [0.2, 0.25) is 5.78 Å². The number of phenolic OH excluding ortho intramolecular Hbond substituents is 1. The molecule has 3 aliphatic carbocycles. The van der Waals surface area contributed by atoms with Gasteiger partial charge in [-0.15, -0.1) is 0 Å². The number of hydrogen-bond acceptors (Lipinski definition) is 9. The smallest absolute Gasteiger partial charge is 0.255 e. The van der Waals surface area contributed by atoms with Crippen molar-refractivity contribution < 1.29 is 39.2 Å². The van der Waals surface area contributed by atoms with Gasteiger partial charge in [0.15, 0.2) is 11.4 Å². The molecule has 4 atom stereocenters. The maximum atomic E-state index is 15.9. The van der Waals surface area contributed by atoms with E-state index in [1.807, 2.05) is 25.7 Å². The second-order valence-corrected chi connectivity index (χ2v) is 11.4. The Morgan fingerprint density at radius 2 is 1.87 bits per heavy atom. The van der Waals surface area contributed by atoms with Crippen LogP contribution >= 0.6 is 0 Å². The minimum Gasteiger partial charge on any atom is -0.510 e. The first-order valence-corrected chi connectivity index (χ1v) is 13.1. The zero-order chi connectivity index (χ0) is 29.1. The standard InChI is InChI=1S/C28H36FN3O7/c1-6-32(10-12(2)3)11-14-9-17(33)19-15(21(14)29)7-13-8-16-22(31(4)5)24(35)20(27(30)38)26(37)28(16,39)25(36)18(13)23(19)34/h9,12-13,16,22,33,35-36,39H,6-8,10-11H2,1-5H3,(H2,30,38)/t13-,16-,22-,28-/m0/s1. The summed E-state index contributed by atoms with van der Waals surface area (Å²) in [5.74, 6) is -7.87. The Kier molecular flexibility index (Phi) is 7.39. The number of Topliss-reactive ketones (excluding diaryl/α,β-unsaturated/α-hetero) is 2. The number of aromatic hydroxyl groups is 1. The Hall–Kier alpha value is -3.28. The first kappa shape index (κ1) is 28.7. The highest BCUT2D eigenvalue weighted by Crippen LogP contribution is 2.52. The molecule has 0 radical (unpaired) electrons. The van der Waals surface area contributed by atoms with Crippen molar-refractivity contribution in [2.24, 2.45) is 23.5 Å². The summed E-state index contributed by atoms with van der Waals surface area (Å²) in [5.41, 5.74) is 1.33. The summed E-state index contributed by atoms with van der Waals surface area (Å²) in [4.78, 5) is 42.5. The van der Waals surface area contributed by atoms with Gasteiger partial charge in [-0.3, -0.25) is 24.2 Å². The van der Waals surface area contributed by atoms with E-state index >= 15 is 4.39 Å². The van der Waals surface area contributed by atoms with Crippen LogP contribution in [0.25, 0.3) is 0 Å². The molecule has 1 amide bonds. The van der Waals surface area contributed by atoms with E-state index in [9.17, 15) is 34.8 Å². The molecule has 1 aromatic rings. The zero-order valence-electron chi connectivity index (χ0n) is 22.8. The number of ketones is 2. The van der Waals surface area contributed by atoms with E-state index in [0.29, 0.717) is 19.0 Å². The predicted molar refractivity (Wildman–Crippen MR) is 139 cm³/mol. The van der Waals surface area contributed by atoms with Crippen molar-refractivity contribution in [2.45, 2.75) is 51.8 Å². The van der Waals surface area contributed by atoms with Gasteiger partial charge < -0.3 is 26.2 Å². The molecule has 0 bridgehead atoms. The third kappa shape index (κ3) is 4.32. The van der Waals surface area contributed by atoms with Crippen molar-refractivity contribution >= 4 is 17.5 Å². The number of nitrogens with two attached hydrogens (primary N) is 1. The van der Waals surface area contributed by atoms with Crippen molar-refractivity contribution in [1.82, 2.24) is 9.80 Å². The maximum absolute atomic E-state index is 15.9. The fourth-order valence-corrected chi connectivity index (χ4v) is 6.53. The van der Waals surface area contributed by atoms with Gasteiger partial charge in [-0.05, 0) is 51.4 Å². The molecule has 0 aromatic heterocycles. The molecule has 1 aromatic carbocycles. The minimum atomic E-state index is -2.73. The Morgan fingerprint density at radius 1 is 1.23 bits per heavy atom. The number of rotatable bonds is 7. The number of likely N-dealkylation sites (N-methyl/N-ethyl adjacent to an activating group) is 1. The highest BCUT2D eigenvalue weighted by atomic mass is 19.1. The molecule has 0 fully saturated rings. The molecular formula is C28H36FN3O7. The molecule has 0 aliphatic heterocycles. The molecule has 212 valence electrons. The van der Waals surface area contributed by atoms with Crippen LogP contribution in [0.15, 0.2) is 28.7 Å². The molecule has 4 rings (SSSR count). The third-order valence-electron chi connectivity index (χ3n) is 8.20. The first-order chi connectivity index (χ1) is 18.2. The molecule has 0 saturated heterocycles. The number of benzene rings is 1. The van der Waals surface area contributed by atoms with Gasteiger partial charge >= 0.3 is 0 Å². The Morgan fingerprint density at radius 3 is 2.41 bits per heavy atom. The fraction of sp³-hybridized carbons (Fsp3) is 0.536. The number of aliphatic hydroxyl groups is 3. The molecule has 6 N–H and O–H groups in total. The molecule has 0 heterocycles. The van der Waals surface area contributed by atoms with E-state index in [4.69, 9.17) is 5.73 Å². The summed E-state index contributed by atoms with van der Waals surface area (Å²) >= 11 is 0. The summed E-state index contributed by atoms with van der Waals surface area (Å²) in [6, 6.07) is 0.0989. The number of fused-ring (bicyclic) bond motifs is 3. The number of halogens is 1. The SMILES string of the molecule is CCN(Cc1cc(O)c2c(c1F)C[C@H]1C[C@H]3[C@H](N(C)C)C(O)=C(C(N)=O)C(=O)[C@@]3(O)C(O)=C1C2=O)CC(C)C. The fourth-order valence-electron chi connectivity index (χ4n) is 6.53. The first-order valence-electron chi connectivity index (χ1n) is 13.1. The molecule has 39 heavy (non-hydrogen) atoms. The number of phenols is 1. The minimum absolute atomic E-state index is 0.00344. The van der Waals surface area contributed by atoms with Gasteiger partial charge in [-0.1, -0.05) is 20.8 Å². The van der Waals surface area contributed by atoms with Gasteiger partial charge in [0.25, 0.3) is 5.91 Å². The molecule has 10 nitrogen and oxygen atoms in total. The van der Waals surface area contributed by atoms with E-state index < -0.39 is 69.6 Å². The van der Waals surface area contributed by atoms with Crippen LogP contribution in [0.2, 0.25) is 0 Å². The Bertz CT molecular complexity index is 1320. The number of aliphatic hydroxyl groups excluding tert-OH is 2. The number of allylic oxidation sites excluding steroid dienone is 1. The van der Waals surface area contributed by atoms with E-state index in [1.54, 1.807) is 14.1 Å². The van der Waals surface area contributed by atoms with Crippen LogP contribution in [-0.2, 0) is 22.6 Å². The van der Waals surface area contributed by atoms with E-state index in [0.717, 1.165) is 0 Å². The molecule has 0 unspecified atom stereocenters. The second kappa shape index (κ2) is 10.0. The van der Waals surface area contributed by atoms with Gasteiger partial charge in [0.1, 0.15) is 28.7 Å². The van der Waals surface area contributed by atoms with Crippen LogP contribution in [0.3, 0.4) is 0 Å². The highest BCUT2D eigenvalue weighted by Gasteiger charge is 2.63. The van der Waals surface area contributed by atoms with Crippen LogP contribution in [0.5, 0.6) is 5.75 Å². The Balaban J connectivity index is 1.86. The number of carbonyl (C=O) groups is 3. The van der Waals surface area contributed by atoms with Crippen LogP contribution in [0.1, 0.15) is 48.7 Å². The van der Waals surface area contributed by atoms with Crippen molar-refractivity contribution in [1.29, 1.82) is 0 Å². The predicted octanol–water partition coefficient (Wildman–Crippen LogP) is 1.74. The largest absolute Gasteiger partial charge is 0.510 e. The van der Waals surface area contributed by atoms with E-state index in [-0.39, 0.29) is 41.6 Å². The van der Waals surface area contributed by atoms with E-state index in [1.165, 1.54) is 11.0 Å². The van der Waals surface area contributed by atoms with Gasteiger partial charge in [-0.2, -0.15) is 0 Å². The van der Waals surface area contributed by atoms with Crippen LogP contribution in [0, 0.1) is 23.6 Å². The average Bonchev–Trinajstić information content (AvgIpc) is 2.83. The topological polar surface area (TPSA) is 165 Å². The zero-order valence-corrected chi connectivity index (χ0v) is 22.8. The van der Waals surface area contributed by atoms with Crippen molar-refractivity contribution in [3.63, 3.8) is 0 Å².